The van der Waals surface area contributed by atoms with Gasteiger partial charge in [-0.05, 0) is 31.5 Å². The number of nitrogens with one attached hydrogen (secondary N) is 2. The Bertz CT molecular complexity index is 800. The molecule has 0 radical (unpaired) electrons. The van der Waals surface area contributed by atoms with Crippen molar-refractivity contribution in [1.29, 1.82) is 0 Å². The molecule has 1 aliphatic heterocycles. The maximum Gasteiger partial charge on any atom is 0.338 e. The third kappa shape index (κ3) is 6.32. The largest absolute Gasteiger partial charge is 0.463 e. The second-order valence-electron chi connectivity index (χ2n) is 5.83. The minimum atomic E-state index is -0.567. The van der Waals surface area contributed by atoms with Gasteiger partial charge in [0.05, 0.1) is 39.7 Å². The summed E-state index contributed by atoms with van der Waals surface area (Å²) in [6.07, 6.45) is 0. The lowest BCUT2D eigenvalue weighted by Gasteiger charge is -2.26. The summed E-state index contributed by atoms with van der Waals surface area (Å²) < 4.78 is 10.2. The van der Waals surface area contributed by atoms with Crippen LogP contribution in [0.15, 0.2) is 29.5 Å². The van der Waals surface area contributed by atoms with Crippen molar-refractivity contribution in [3.05, 3.63) is 45.1 Å². The van der Waals surface area contributed by atoms with Gasteiger partial charge >= 0.3 is 18.0 Å². The molecule has 0 spiro atoms. The number of benzene rings is 1. The van der Waals surface area contributed by atoms with Crippen molar-refractivity contribution in [1.82, 2.24) is 10.6 Å². The van der Waals surface area contributed by atoms with E-state index in [-0.39, 0.29) is 30.2 Å². The minimum absolute atomic E-state index is 0.101. The quantitative estimate of drug-likeness (QED) is 0.595. The summed E-state index contributed by atoms with van der Waals surface area (Å²) in [5, 5.41) is 6.00. The molecule has 0 saturated carbocycles. The fraction of sp³-hybridized carbons (Fsp3) is 0.389. The number of esters is 2. The number of rotatable bonds is 8. The third-order valence-corrected chi connectivity index (χ3v) is 5.43. The predicted octanol–water partition coefficient (Wildman–Crippen LogP) is 3.29. The molecule has 10 heteroatoms. The molecule has 7 nitrogen and oxygen atoms in total. The summed E-state index contributed by atoms with van der Waals surface area (Å²) in [4.78, 5) is 35.8. The average molecular weight is 447 g/mol. The van der Waals surface area contributed by atoms with Gasteiger partial charge in [0.25, 0.3) is 0 Å². The highest BCUT2D eigenvalue weighted by atomic mass is 35.5. The Morgan fingerprint density at radius 1 is 1.21 bits per heavy atom. The van der Waals surface area contributed by atoms with Crippen LogP contribution in [0.4, 0.5) is 4.79 Å². The molecule has 1 aromatic rings. The van der Waals surface area contributed by atoms with E-state index in [1.807, 2.05) is 6.07 Å². The van der Waals surface area contributed by atoms with E-state index in [1.165, 1.54) is 11.8 Å². The second-order valence-corrected chi connectivity index (χ2v) is 7.63. The van der Waals surface area contributed by atoms with Crippen LogP contribution in [-0.4, -0.2) is 43.0 Å². The minimum Gasteiger partial charge on any atom is -0.463 e. The van der Waals surface area contributed by atoms with Crippen molar-refractivity contribution < 1.29 is 23.9 Å². The first kappa shape index (κ1) is 22.4. The fourth-order valence-electron chi connectivity index (χ4n) is 2.47. The van der Waals surface area contributed by atoms with Crippen LogP contribution in [0.3, 0.4) is 0 Å². The normalized spacial score (nSPS) is 16.3. The molecule has 1 unspecified atom stereocenters. The smallest absolute Gasteiger partial charge is 0.338 e. The summed E-state index contributed by atoms with van der Waals surface area (Å²) in [5.74, 6) is -0.381. The summed E-state index contributed by atoms with van der Waals surface area (Å²) >= 11 is 13.2. The molecule has 28 heavy (non-hydrogen) atoms. The van der Waals surface area contributed by atoms with Crippen molar-refractivity contribution in [3.8, 4) is 0 Å². The number of thioether (sulfide) groups is 1. The summed E-state index contributed by atoms with van der Waals surface area (Å²) in [7, 11) is 0. The number of amides is 2. The number of carbonyl (C=O) groups is 3. The highest BCUT2D eigenvalue weighted by Crippen LogP contribution is 2.24. The van der Waals surface area contributed by atoms with Crippen LogP contribution in [0.25, 0.3) is 0 Å². The highest BCUT2D eigenvalue weighted by molar-refractivity contribution is 7.99. The molecule has 0 aromatic heterocycles. The number of halogens is 2. The van der Waals surface area contributed by atoms with E-state index in [2.05, 4.69) is 10.6 Å². The summed E-state index contributed by atoms with van der Waals surface area (Å²) in [6.45, 7) is 3.31. The van der Waals surface area contributed by atoms with Crippen LogP contribution < -0.4 is 10.6 Å². The van der Waals surface area contributed by atoms with E-state index >= 15 is 0 Å². The molecule has 2 N–H and O–H groups in total. The van der Waals surface area contributed by atoms with Crippen molar-refractivity contribution in [2.24, 2.45) is 0 Å². The Kier molecular flexibility index (Phi) is 8.47. The van der Waals surface area contributed by atoms with Gasteiger partial charge in [0.1, 0.15) is 6.61 Å². The van der Waals surface area contributed by atoms with Gasteiger partial charge in [-0.3, -0.25) is 4.79 Å². The van der Waals surface area contributed by atoms with Crippen molar-refractivity contribution in [2.75, 3.05) is 19.0 Å². The Morgan fingerprint density at radius 2 is 1.96 bits per heavy atom. The number of carbonyl (C=O) groups excluding carboxylic acids is 3. The molecule has 0 bridgehead atoms. The third-order valence-electron chi connectivity index (χ3n) is 3.72. The fourth-order valence-corrected chi connectivity index (χ4v) is 3.56. The van der Waals surface area contributed by atoms with Crippen LogP contribution >= 0.6 is 35.0 Å². The van der Waals surface area contributed by atoms with Gasteiger partial charge < -0.3 is 20.1 Å². The standard InChI is InChI=1S/C18H20Cl2N2O5S/c1-3-26-17(24)16-10(2)21-18(25)22-14(16)7-27-15(23)9-28-8-11-4-5-12(19)13(20)6-11/h4-6,10H,3,7-9H2,1-2H3,(H2,21,22,25). The molecule has 2 amide bonds. The van der Waals surface area contributed by atoms with Crippen molar-refractivity contribution in [2.45, 2.75) is 25.6 Å². The first-order valence-corrected chi connectivity index (χ1v) is 10.4. The summed E-state index contributed by atoms with van der Waals surface area (Å²) in [6, 6.07) is 4.24. The van der Waals surface area contributed by atoms with Gasteiger partial charge in [-0.25, -0.2) is 9.59 Å². The van der Waals surface area contributed by atoms with Gasteiger partial charge in [0.15, 0.2) is 0 Å². The molecular weight excluding hydrogens is 427 g/mol. The van der Waals surface area contributed by atoms with E-state index in [0.29, 0.717) is 15.8 Å². The maximum absolute atomic E-state index is 12.1. The molecule has 1 aromatic carbocycles. The zero-order valence-corrected chi connectivity index (χ0v) is 17.7. The van der Waals surface area contributed by atoms with Gasteiger partial charge in [-0.1, -0.05) is 29.3 Å². The van der Waals surface area contributed by atoms with Crippen LogP contribution in [0.1, 0.15) is 19.4 Å². The van der Waals surface area contributed by atoms with E-state index in [9.17, 15) is 14.4 Å². The first-order valence-electron chi connectivity index (χ1n) is 8.46. The Balaban J connectivity index is 1.90. The lowest BCUT2D eigenvalue weighted by Crippen LogP contribution is -2.50. The Hall–Kier alpha value is -1.90. The van der Waals surface area contributed by atoms with Crippen LogP contribution in [-0.2, 0) is 24.8 Å². The summed E-state index contributed by atoms with van der Waals surface area (Å²) in [5.41, 5.74) is 1.38. The molecule has 2 rings (SSSR count). The van der Waals surface area contributed by atoms with E-state index in [0.717, 1.165) is 5.56 Å². The van der Waals surface area contributed by atoms with Crippen LogP contribution in [0.5, 0.6) is 0 Å². The number of ether oxygens (including phenoxy) is 2. The molecule has 152 valence electrons. The highest BCUT2D eigenvalue weighted by Gasteiger charge is 2.30. The maximum atomic E-state index is 12.1. The molecule has 0 saturated heterocycles. The molecular formula is C18H20Cl2N2O5S. The lowest BCUT2D eigenvalue weighted by atomic mass is 10.0. The average Bonchev–Trinajstić information content (AvgIpc) is 2.62. The lowest BCUT2D eigenvalue weighted by molar-refractivity contribution is -0.141. The SMILES string of the molecule is CCOC(=O)C1=C(COC(=O)CSCc2ccc(Cl)c(Cl)c2)NC(=O)NC1C. The van der Waals surface area contributed by atoms with Crippen molar-refractivity contribution >= 4 is 52.9 Å². The number of hydrogen-bond acceptors (Lipinski definition) is 6. The topological polar surface area (TPSA) is 93.7 Å². The predicted molar refractivity (Wildman–Crippen MR) is 108 cm³/mol. The monoisotopic (exact) mass is 446 g/mol. The Labute approximate surface area is 177 Å². The molecule has 1 heterocycles. The van der Waals surface area contributed by atoms with Gasteiger partial charge in [-0.15, -0.1) is 11.8 Å². The molecule has 0 aliphatic carbocycles. The first-order chi connectivity index (χ1) is 13.3. The van der Waals surface area contributed by atoms with Gasteiger partial charge in [0.2, 0.25) is 0 Å². The zero-order chi connectivity index (χ0) is 20.7. The second kappa shape index (κ2) is 10.6. The van der Waals surface area contributed by atoms with E-state index < -0.39 is 24.0 Å². The Morgan fingerprint density at radius 3 is 2.64 bits per heavy atom. The van der Waals surface area contributed by atoms with E-state index in [4.69, 9.17) is 32.7 Å². The number of hydrogen-bond donors (Lipinski definition) is 2. The molecule has 1 aliphatic rings. The molecule has 1 atom stereocenters. The zero-order valence-electron chi connectivity index (χ0n) is 15.3. The molecule has 0 fully saturated rings. The van der Waals surface area contributed by atoms with Crippen LogP contribution in [0.2, 0.25) is 10.0 Å². The van der Waals surface area contributed by atoms with Gasteiger partial charge in [-0.2, -0.15) is 0 Å². The van der Waals surface area contributed by atoms with E-state index in [1.54, 1.807) is 26.0 Å². The number of urea groups is 1. The van der Waals surface area contributed by atoms with Crippen molar-refractivity contribution in [3.63, 3.8) is 0 Å². The van der Waals surface area contributed by atoms with Gasteiger partial charge in [0, 0.05) is 5.75 Å². The van der Waals surface area contributed by atoms with Crippen LogP contribution in [0, 0.1) is 0 Å².